The minimum absolute atomic E-state index is 0.256. The zero-order valence-electron chi connectivity index (χ0n) is 9.05. The van der Waals surface area contributed by atoms with E-state index in [1.165, 1.54) is 0 Å². The summed E-state index contributed by atoms with van der Waals surface area (Å²) >= 11 is 0. The van der Waals surface area contributed by atoms with Crippen LogP contribution in [0.5, 0.6) is 0 Å². The van der Waals surface area contributed by atoms with Gasteiger partial charge in [-0.25, -0.2) is 0 Å². The van der Waals surface area contributed by atoms with Crippen LogP contribution >= 0.6 is 0 Å². The highest BCUT2D eigenvalue weighted by atomic mass is 16.2. The van der Waals surface area contributed by atoms with Gasteiger partial charge < -0.3 is 4.90 Å². The fraction of sp³-hybridized carbons (Fsp3) is 0.727. The van der Waals surface area contributed by atoms with Crippen molar-refractivity contribution in [2.45, 2.75) is 40.0 Å². The van der Waals surface area contributed by atoms with Crippen LogP contribution in [0.4, 0.5) is 0 Å². The molecular weight excluding hydrogens is 162 g/mol. The van der Waals surface area contributed by atoms with Gasteiger partial charge in [-0.2, -0.15) is 0 Å². The molecule has 2 heteroatoms. The number of unbranched alkanes of at least 4 members (excludes halogenated alkanes) is 1. The van der Waals surface area contributed by atoms with Gasteiger partial charge in [-0.05, 0) is 13.3 Å². The van der Waals surface area contributed by atoms with Gasteiger partial charge in [0.05, 0.1) is 0 Å². The minimum atomic E-state index is 0.256. The SMILES string of the molecule is C/C=C/CN(CCCC)C(=O)CC. The maximum absolute atomic E-state index is 11.4. The number of hydrogen-bond donors (Lipinski definition) is 0. The molecular formula is C11H21NO. The van der Waals surface area contributed by atoms with Gasteiger partial charge in [-0.1, -0.05) is 32.4 Å². The van der Waals surface area contributed by atoms with Gasteiger partial charge in [0.2, 0.25) is 5.91 Å². The van der Waals surface area contributed by atoms with Crippen molar-refractivity contribution in [3.05, 3.63) is 12.2 Å². The maximum atomic E-state index is 11.4. The van der Waals surface area contributed by atoms with E-state index in [2.05, 4.69) is 6.92 Å². The predicted molar refractivity (Wildman–Crippen MR) is 56.6 cm³/mol. The van der Waals surface area contributed by atoms with E-state index in [0.717, 1.165) is 25.9 Å². The van der Waals surface area contributed by atoms with Crippen molar-refractivity contribution in [3.63, 3.8) is 0 Å². The zero-order chi connectivity index (χ0) is 10.1. The summed E-state index contributed by atoms with van der Waals surface area (Å²) < 4.78 is 0. The highest BCUT2D eigenvalue weighted by Crippen LogP contribution is 1.98. The van der Waals surface area contributed by atoms with Crippen molar-refractivity contribution in [3.8, 4) is 0 Å². The Bertz CT molecular complexity index is 163. The molecule has 0 saturated carbocycles. The summed E-state index contributed by atoms with van der Waals surface area (Å²) in [6.45, 7) is 7.70. The molecule has 0 aliphatic rings. The van der Waals surface area contributed by atoms with E-state index < -0.39 is 0 Å². The van der Waals surface area contributed by atoms with Gasteiger partial charge in [0, 0.05) is 19.5 Å². The lowest BCUT2D eigenvalue weighted by atomic mass is 10.3. The molecule has 0 atom stereocenters. The van der Waals surface area contributed by atoms with E-state index in [-0.39, 0.29) is 5.91 Å². The molecule has 0 aromatic heterocycles. The van der Waals surface area contributed by atoms with Gasteiger partial charge in [0.1, 0.15) is 0 Å². The first-order valence-corrected chi connectivity index (χ1v) is 5.15. The molecule has 0 fully saturated rings. The second-order valence-electron chi connectivity index (χ2n) is 3.12. The van der Waals surface area contributed by atoms with Crippen molar-refractivity contribution < 1.29 is 4.79 Å². The van der Waals surface area contributed by atoms with Gasteiger partial charge in [-0.3, -0.25) is 4.79 Å². The average molecular weight is 183 g/mol. The number of hydrogen-bond acceptors (Lipinski definition) is 1. The van der Waals surface area contributed by atoms with Crippen LogP contribution in [0.3, 0.4) is 0 Å². The van der Waals surface area contributed by atoms with E-state index in [4.69, 9.17) is 0 Å². The molecule has 2 nitrogen and oxygen atoms in total. The molecule has 0 saturated heterocycles. The molecule has 0 aliphatic heterocycles. The normalized spacial score (nSPS) is 10.7. The molecule has 0 bridgehead atoms. The molecule has 76 valence electrons. The summed E-state index contributed by atoms with van der Waals surface area (Å²) in [5, 5.41) is 0. The predicted octanol–water partition coefficient (Wildman–Crippen LogP) is 2.60. The average Bonchev–Trinajstić information content (AvgIpc) is 2.17. The Labute approximate surface area is 81.6 Å². The van der Waals surface area contributed by atoms with Crippen LogP contribution in [0.15, 0.2) is 12.2 Å². The number of carbonyl (C=O) groups excluding carboxylic acids is 1. The monoisotopic (exact) mass is 183 g/mol. The molecule has 0 aromatic carbocycles. The number of rotatable bonds is 6. The van der Waals surface area contributed by atoms with Gasteiger partial charge in [0.25, 0.3) is 0 Å². The molecule has 1 amide bonds. The molecule has 13 heavy (non-hydrogen) atoms. The standard InChI is InChI=1S/C11H21NO/c1-4-7-9-12(10-8-5-2)11(13)6-3/h4,7H,5-6,8-10H2,1-3H3/b7-4+. The zero-order valence-corrected chi connectivity index (χ0v) is 9.05. The van der Waals surface area contributed by atoms with Crippen molar-refractivity contribution in [2.75, 3.05) is 13.1 Å². The summed E-state index contributed by atoms with van der Waals surface area (Å²) in [5.74, 6) is 0.256. The lowest BCUT2D eigenvalue weighted by molar-refractivity contribution is -0.130. The molecule has 0 aliphatic carbocycles. The van der Waals surface area contributed by atoms with Gasteiger partial charge in [0.15, 0.2) is 0 Å². The molecule has 0 spiro atoms. The Morgan fingerprint density at radius 1 is 1.38 bits per heavy atom. The van der Waals surface area contributed by atoms with Crippen molar-refractivity contribution in [2.24, 2.45) is 0 Å². The van der Waals surface area contributed by atoms with E-state index in [1.54, 1.807) is 0 Å². The number of carbonyl (C=O) groups is 1. The van der Waals surface area contributed by atoms with Crippen LogP contribution in [-0.4, -0.2) is 23.9 Å². The highest BCUT2D eigenvalue weighted by Gasteiger charge is 2.07. The molecule has 0 unspecified atom stereocenters. The second kappa shape index (κ2) is 7.84. The fourth-order valence-corrected chi connectivity index (χ4v) is 1.12. The summed E-state index contributed by atoms with van der Waals surface area (Å²) in [6, 6.07) is 0. The third kappa shape index (κ3) is 5.45. The first-order valence-electron chi connectivity index (χ1n) is 5.15. The minimum Gasteiger partial charge on any atom is -0.339 e. The van der Waals surface area contributed by atoms with Crippen LogP contribution in [0.25, 0.3) is 0 Å². The third-order valence-corrected chi connectivity index (χ3v) is 2.00. The smallest absolute Gasteiger partial charge is 0.222 e. The lowest BCUT2D eigenvalue weighted by Gasteiger charge is -2.20. The Hall–Kier alpha value is -0.790. The Kier molecular flexibility index (Phi) is 7.36. The molecule has 0 radical (unpaired) electrons. The van der Waals surface area contributed by atoms with Crippen LogP contribution in [-0.2, 0) is 4.79 Å². The molecule has 0 N–H and O–H groups in total. The number of amides is 1. The van der Waals surface area contributed by atoms with Gasteiger partial charge in [-0.15, -0.1) is 0 Å². The second-order valence-corrected chi connectivity index (χ2v) is 3.12. The quantitative estimate of drug-likeness (QED) is 0.580. The molecule has 0 rings (SSSR count). The Balaban J connectivity index is 3.94. The summed E-state index contributed by atoms with van der Waals surface area (Å²) in [4.78, 5) is 13.3. The first kappa shape index (κ1) is 12.2. The lowest BCUT2D eigenvalue weighted by Crippen LogP contribution is -2.31. The Morgan fingerprint density at radius 3 is 2.54 bits per heavy atom. The van der Waals surface area contributed by atoms with Gasteiger partial charge >= 0.3 is 0 Å². The van der Waals surface area contributed by atoms with Crippen LogP contribution in [0.1, 0.15) is 40.0 Å². The summed E-state index contributed by atoms with van der Waals surface area (Å²) in [6.07, 6.45) is 6.87. The molecule has 0 heterocycles. The van der Waals surface area contributed by atoms with E-state index in [9.17, 15) is 4.79 Å². The van der Waals surface area contributed by atoms with Crippen molar-refractivity contribution in [1.82, 2.24) is 4.90 Å². The maximum Gasteiger partial charge on any atom is 0.222 e. The van der Waals surface area contributed by atoms with Crippen molar-refractivity contribution >= 4 is 5.91 Å². The summed E-state index contributed by atoms with van der Waals surface area (Å²) in [7, 11) is 0. The van der Waals surface area contributed by atoms with Crippen LogP contribution < -0.4 is 0 Å². The summed E-state index contributed by atoms with van der Waals surface area (Å²) in [5.41, 5.74) is 0. The van der Waals surface area contributed by atoms with E-state index in [1.807, 2.05) is 30.9 Å². The van der Waals surface area contributed by atoms with Crippen molar-refractivity contribution in [1.29, 1.82) is 0 Å². The Morgan fingerprint density at radius 2 is 2.08 bits per heavy atom. The van der Waals surface area contributed by atoms with E-state index >= 15 is 0 Å². The third-order valence-electron chi connectivity index (χ3n) is 2.00. The number of allylic oxidation sites excluding steroid dienone is 1. The highest BCUT2D eigenvalue weighted by molar-refractivity contribution is 5.75. The van der Waals surface area contributed by atoms with Crippen LogP contribution in [0.2, 0.25) is 0 Å². The fourth-order valence-electron chi connectivity index (χ4n) is 1.12. The topological polar surface area (TPSA) is 20.3 Å². The first-order chi connectivity index (χ1) is 6.26. The molecule has 0 aromatic rings. The largest absolute Gasteiger partial charge is 0.339 e. The van der Waals surface area contributed by atoms with E-state index in [0.29, 0.717) is 6.42 Å². The number of nitrogens with zero attached hydrogens (tertiary/aromatic N) is 1. The van der Waals surface area contributed by atoms with Crippen LogP contribution in [0, 0.1) is 0 Å².